The van der Waals surface area contributed by atoms with Gasteiger partial charge in [0.2, 0.25) is 0 Å². The van der Waals surface area contributed by atoms with Crippen LogP contribution in [-0.4, -0.2) is 12.6 Å². The lowest BCUT2D eigenvalue weighted by Crippen LogP contribution is -2.17. The molecule has 0 spiro atoms. The lowest BCUT2D eigenvalue weighted by atomic mass is 10.1. The molecule has 2 rings (SSSR count). The van der Waals surface area contributed by atoms with Gasteiger partial charge in [-0.1, -0.05) is 30.5 Å². The Bertz CT molecular complexity index is 374. The Morgan fingerprint density at radius 1 is 1.47 bits per heavy atom. The number of ether oxygens (including phenoxy) is 1. The Morgan fingerprint density at radius 2 is 2.24 bits per heavy atom. The summed E-state index contributed by atoms with van der Waals surface area (Å²) in [5, 5.41) is 0.693. The monoisotopic (exact) mass is 253 g/mol. The molecule has 0 heterocycles. The molecule has 2 nitrogen and oxygen atoms in total. The van der Waals surface area contributed by atoms with Crippen LogP contribution in [0.25, 0.3) is 0 Å². The first kappa shape index (κ1) is 12.7. The number of nitrogens with two attached hydrogens (primary N) is 1. The molecule has 0 radical (unpaired) electrons. The number of hydrogen-bond acceptors (Lipinski definition) is 2. The normalized spacial score (nSPS) is 16.9. The molecule has 94 valence electrons. The highest BCUT2D eigenvalue weighted by Gasteiger charge is 2.20. The van der Waals surface area contributed by atoms with Crippen molar-refractivity contribution in [1.29, 1.82) is 0 Å². The van der Waals surface area contributed by atoms with Gasteiger partial charge in [-0.3, -0.25) is 0 Å². The molecular formula is C14H20ClNO. The molecule has 1 atom stereocenters. The van der Waals surface area contributed by atoms with Gasteiger partial charge < -0.3 is 10.5 Å². The molecule has 0 saturated heterocycles. The SMILES string of the molecule is CC(N)Cc1ccc(OCCC2CC2)c(Cl)c1. The highest BCUT2D eigenvalue weighted by molar-refractivity contribution is 6.32. The van der Waals surface area contributed by atoms with Crippen LogP contribution in [0.2, 0.25) is 5.02 Å². The number of hydrogen-bond donors (Lipinski definition) is 1. The zero-order valence-electron chi connectivity index (χ0n) is 10.3. The molecule has 1 saturated carbocycles. The smallest absolute Gasteiger partial charge is 0.137 e. The van der Waals surface area contributed by atoms with E-state index in [-0.39, 0.29) is 6.04 Å². The summed E-state index contributed by atoms with van der Waals surface area (Å²) in [6.45, 7) is 2.77. The molecule has 3 heteroatoms. The van der Waals surface area contributed by atoms with Crippen LogP contribution in [0.5, 0.6) is 5.75 Å². The van der Waals surface area contributed by atoms with Crippen molar-refractivity contribution in [1.82, 2.24) is 0 Å². The summed E-state index contributed by atoms with van der Waals surface area (Å²) in [6, 6.07) is 6.11. The van der Waals surface area contributed by atoms with E-state index in [1.54, 1.807) is 0 Å². The van der Waals surface area contributed by atoms with E-state index >= 15 is 0 Å². The highest BCUT2D eigenvalue weighted by atomic mass is 35.5. The summed E-state index contributed by atoms with van der Waals surface area (Å²) in [5.74, 6) is 1.69. The topological polar surface area (TPSA) is 35.2 Å². The van der Waals surface area contributed by atoms with Gasteiger partial charge >= 0.3 is 0 Å². The molecule has 0 aromatic heterocycles. The summed E-state index contributed by atoms with van der Waals surface area (Å²) in [5.41, 5.74) is 6.92. The first-order valence-electron chi connectivity index (χ1n) is 6.32. The molecular weight excluding hydrogens is 234 g/mol. The zero-order chi connectivity index (χ0) is 12.3. The van der Waals surface area contributed by atoms with Gasteiger partial charge in [0, 0.05) is 6.04 Å². The van der Waals surface area contributed by atoms with Gasteiger partial charge in [0.1, 0.15) is 5.75 Å². The van der Waals surface area contributed by atoms with Crippen LogP contribution in [0.3, 0.4) is 0 Å². The second-order valence-corrected chi connectivity index (χ2v) is 5.43. The minimum atomic E-state index is 0.160. The minimum absolute atomic E-state index is 0.160. The second-order valence-electron chi connectivity index (χ2n) is 5.03. The van der Waals surface area contributed by atoms with Crippen molar-refractivity contribution in [2.24, 2.45) is 11.7 Å². The first-order chi connectivity index (χ1) is 8.15. The number of benzene rings is 1. The molecule has 1 aliphatic rings. The largest absolute Gasteiger partial charge is 0.492 e. The van der Waals surface area contributed by atoms with Gasteiger partial charge in [-0.05, 0) is 43.4 Å². The van der Waals surface area contributed by atoms with Gasteiger partial charge in [-0.25, -0.2) is 0 Å². The van der Waals surface area contributed by atoms with E-state index in [0.29, 0.717) is 5.02 Å². The molecule has 2 N–H and O–H groups in total. The fourth-order valence-corrected chi connectivity index (χ4v) is 2.16. The van der Waals surface area contributed by atoms with E-state index in [1.807, 2.05) is 25.1 Å². The molecule has 1 aromatic rings. The highest BCUT2D eigenvalue weighted by Crippen LogP contribution is 2.33. The van der Waals surface area contributed by atoms with Crippen molar-refractivity contribution in [3.05, 3.63) is 28.8 Å². The quantitative estimate of drug-likeness (QED) is 0.843. The van der Waals surface area contributed by atoms with Crippen molar-refractivity contribution < 1.29 is 4.74 Å². The average Bonchev–Trinajstić information content (AvgIpc) is 3.04. The van der Waals surface area contributed by atoms with Gasteiger partial charge in [0.15, 0.2) is 0 Å². The zero-order valence-corrected chi connectivity index (χ0v) is 11.0. The second kappa shape index (κ2) is 5.74. The van der Waals surface area contributed by atoms with Gasteiger partial charge in [-0.15, -0.1) is 0 Å². The fourth-order valence-electron chi connectivity index (χ4n) is 1.90. The standard InChI is InChI=1S/C14H20ClNO/c1-10(16)8-12-4-5-14(13(15)9-12)17-7-6-11-2-3-11/h4-5,9-11H,2-3,6-8,16H2,1H3. The number of halogens is 1. The molecule has 0 aliphatic heterocycles. The van der Waals surface area contributed by atoms with Crippen LogP contribution in [0, 0.1) is 5.92 Å². The summed E-state index contributed by atoms with van der Waals surface area (Å²) < 4.78 is 5.68. The molecule has 0 bridgehead atoms. The molecule has 1 unspecified atom stereocenters. The first-order valence-corrected chi connectivity index (χ1v) is 6.70. The molecule has 1 aromatic carbocycles. The van der Waals surface area contributed by atoms with Crippen LogP contribution in [0.15, 0.2) is 18.2 Å². The third-order valence-corrected chi connectivity index (χ3v) is 3.33. The van der Waals surface area contributed by atoms with Crippen LogP contribution in [-0.2, 0) is 6.42 Å². The fraction of sp³-hybridized carbons (Fsp3) is 0.571. The Balaban J connectivity index is 1.88. The predicted molar refractivity (Wildman–Crippen MR) is 71.6 cm³/mol. The maximum atomic E-state index is 6.18. The maximum absolute atomic E-state index is 6.18. The van der Waals surface area contributed by atoms with E-state index in [0.717, 1.165) is 31.1 Å². The summed E-state index contributed by atoms with van der Waals surface area (Å²) in [7, 11) is 0. The summed E-state index contributed by atoms with van der Waals surface area (Å²) >= 11 is 6.18. The van der Waals surface area contributed by atoms with Gasteiger partial charge in [0.25, 0.3) is 0 Å². The molecule has 0 amide bonds. The molecule has 1 aliphatic carbocycles. The Hall–Kier alpha value is -0.730. The Morgan fingerprint density at radius 3 is 2.82 bits per heavy atom. The van der Waals surface area contributed by atoms with E-state index in [4.69, 9.17) is 22.1 Å². The minimum Gasteiger partial charge on any atom is -0.492 e. The van der Waals surface area contributed by atoms with Crippen LogP contribution in [0.1, 0.15) is 31.7 Å². The maximum Gasteiger partial charge on any atom is 0.137 e. The van der Waals surface area contributed by atoms with E-state index in [2.05, 4.69) is 0 Å². The third-order valence-electron chi connectivity index (χ3n) is 3.03. The van der Waals surface area contributed by atoms with Gasteiger partial charge in [-0.2, -0.15) is 0 Å². The van der Waals surface area contributed by atoms with Crippen LogP contribution >= 0.6 is 11.6 Å². The Labute approximate surface area is 108 Å². The average molecular weight is 254 g/mol. The van der Waals surface area contributed by atoms with Crippen molar-refractivity contribution in [2.45, 2.75) is 38.6 Å². The molecule has 1 fully saturated rings. The van der Waals surface area contributed by atoms with Crippen molar-refractivity contribution in [3.8, 4) is 5.75 Å². The summed E-state index contributed by atoms with van der Waals surface area (Å²) in [4.78, 5) is 0. The van der Waals surface area contributed by atoms with Crippen molar-refractivity contribution >= 4 is 11.6 Å². The van der Waals surface area contributed by atoms with Crippen molar-refractivity contribution in [2.75, 3.05) is 6.61 Å². The molecule has 17 heavy (non-hydrogen) atoms. The Kier molecular flexibility index (Phi) is 4.30. The van der Waals surface area contributed by atoms with Gasteiger partial charge in [0.05, 0.1) is 11.6 Å². The predicted octanol–water partition coefficient (Wildman–Crippen LogP) is 3.41. The van der Waals surface area contributed by atoms with E-state index in [1.165, 1.54) is 18.4 Å². The number of rotatable bonds is 6. The lowest BCUT2D eigenvalue weighted by Gasteiger charge is -2.10. The third kappa shape index (κ3) is 4.21. The van der Waals surface area contributed by atoms with E-state index in [9.17, 15) is 0 Å². The summed E-state index contributed by atoms with van der Waals surface area (Å²) in [6.07, 6.45) is 4.73. The van der Waals surface area contributed by atoms with Crippen LogP contribution in [0.4, 0.5) is 0 Å². The lowest BCUT2D eigenvalue weighted by molar-refractivity contribution is 0.302. The van der Waals surface area contributed by atoms with Crippen LogP contribution < -0.4 is 10.5 Å². The van der Waals surface area contributed by atoms with E-state index < -0.39 is 0 Å². The van der Waals surface area contributed by atoms with Crippen molar-refractivity contribution in [3.63, 3.8) is 0 Å².